The van der Waals surface area contributed by atoms with Gasteiger partial charge in [-0.15, -0.1) is 0 Å². The van der Waals surface area contributed by atoms with Gasteiger partial charge in [0, 0.05) is 13.1 Å². The summed E-state index contributed by atoms with van der Waals surface area (Å²) in [6.45, 7) is 7.99. The van der Waals surface area contributed by atoms with E-state index in [9.17, 15) is 4.79 Å². The molecule has 1 amide bonds. The van der Waals surface area contributed by atoms with Gasteiger partial charge in [0.2, 0.25) is 0 Å². The highest BCUT2D eigenvalue weighted by Gasteiger charge is 2.19. The molecule has 0 saturated heterocycles. The molecule has 0 spiro atoms. The molecule has 84 valence electrons. The second-order valence-corrected chi connectivity index (χ2v) is 4.48. The Morgan fingerprint density at radius 1 is 1.43 bits per heavy atom. The van der Waals surface area contributed by atoms with Gasteiger partial charge in [-0.1, -0.05) is 13.8 Å². The predicted molar refractivity (Wildman–Crippen MR) is 57.4 cm³/mol. The van der Waals surface area contributed by atoms with Gasteiger partial charge in [0.1, 0.15) is 0 Å². The fourth-order valence-electron chi connectivity index (χ4n) is 1.41. The highest BCUT2D eigenvalue weighted by Crippen LogP contribution is 2.13. The summed E-state index contributed by atoms with van der Waals surface area (Å²) in [5.41, 5.74) is 0.0657. The van der Waals surface area contributed by atoms with Crippen LogP contribution in [-0.4, -0.2) is 44.8 Å². The van der Waals surface area contributed by atoms with Gasteiger partial charge in [-0.05, 0) is 26.4 Å². The molecule has 0 aliphatic carbocycles. The number of amides is 1. The minimum Gasteiger partial charge on any atom is -0.450 e. The van der Waals surface area contributed by atoms with Crippen LogP contribution in [0.25, 0.3) is 0 Å². The van der Waals surface area contributed by atoms with Crippen LogP contribution in [0.1, 0.15) is 20.8 Å². The van der Waals surface area contributed by atoms with Crippen LogP contribution in [0.15, 0.2) is 0 Å². The van der Waals surface area contributed by atoms with Crippen molar-refractivity contribution < 1.29 is 9.53 Å². The van der Waals surface area contributed by atoms with E-state index < -0.39 is 0 Å². The van der Waals surface area contributed by atoms with E-state index in [1.807, 2.05) is 14.1 Å². The topological polar surface area (TPSA) is 41.6 Å². The van der Waals surface area contributed by atoms with Crippen molar-refractivity contribution >= 4 is 6.09 Å². The molecule has 0 aliphatic heterocycles. The molecule has 0 rings (SSSR count). The first-order chi connectivity index (χ1) is 6.37. The molecule has 0 atom stereocenters. The number of nitrogens with one attached hydrogen (secondary N) is 1. The third-order valence-corrected chi connectivity index (χ3v) is 1.73. The van der Waals surface area contributed by atoms with Gasteiger partial charge >= 0.3 is 6.09 Å². The maximum absolute atomic E-state index is 11.0. The SMILES string of the molecule is CCOC(=O)NCC(C)(C)CN(C)C. The zero-order valence-corrected chi connectivity index (χ0v) is 9.89. The maximum atomic E-state index is 11.0. The van der Waals surface area contributed by atoms with Crippen LogP contribution in [0, 0.1) is 5.41 Å². The fourth-order valence-corrected chi connectivity index (χ4v) is 1.41. The minimum absolute atomic E-state index is 0.0657. The lowest BCUT2D eigenvalue weighted by Gasteiger charge is -2.28. The van der Waals surface area contributed by atoms with Gasteiger partial charge in [0.15, 0.2) is 0 Å². The van der Waals surface area contributed by atoms with E-state index in [0.717, 1.165) is 6.54 Å². The Balaban J connectivity index is 3.80. The van der Waals surface area contributed by atoms with Gasteiger partial charge in [0.25, 0.3) is 0 Å². The van der Waals surface area contributed by atoms with Crippen LogP contribution in [-0.2, 0) is 4.74 Å². The second kappa shape index (κ2) is 5.86. The zero-order valence-electron chi connectivity index (χ0n) is 9.89. The normalized spacial score (nSPS) is 11.6. The Hall–Kier alpha value is -0.770. The van der Waals surface area contributed by atoms with Crippen molar-refractivity contribution in [3.05, 3.63) is 0 Å². The molecule has 14 heavy (non-hydrogen) atoms. The van der Waals surface area contributed by atoms with Crippen molar-refractivity contribution in [1.82, 2.24) is 10.2 Å². The lowest BCUT2D eigenvalue weighted by atomic mass is 9.93. The Bertz CT molecular complexity index is 179. The highest BCUT2D eigenvalue weighted by molar-refractivity contribution is 5.67. The molecule has 0 heterocycles. The summed E-state index contributed by atoms with van der Waals surface area (Å²) in [6, 6.07) is 0. The van der Waals surface area contributed by atoms with Crippen LogP contribution in [0.5, 0.6) is 0 Å². The molecule has 4 heteroatoms. The van der Waals surface area contributed by atoms with E-state index in [2.05, 4.69) is 24.1 Å². The third-order valence-electron chi connectivity index (χ3n) is 1.73. The first-order valence-corrected chi connectivity index (χ1v) is 4.93. The van der Waals surface area contributed by atoms with Crippen molar-refractivity contribution in [2.75, 3.05) is 33.8 Å². The summed E-state index contributed by atoms with van der Waals surface area (Å²) >= 11 is 0. The molecule has 0 aromatic rings. The van der Waals surface area contributed by atoms with E-state index in [4.69, 9.17) is 4.74 Å². The van der Waals surface area contributed by atoms with E-state index in [0.29, 0.717) is 13.2 Å². The summed E-state index contributed by atoms with van der Waals surface area (Å²) in [7, 11) is 4.04. The van der Waals surface area contributed by atoms with Crippen molar-refractivity contribution in [3.8, 4) is 0 Å². The lowest BCUT2D eigenvalue weighted by Crippen LogP contribution is -2.40. The molecule has 0 unspecified atom stereocenters. The van der Waals surface area contributed by atoms with Gasteiger partial charge in [-0.2, -0.15) is 0 Å². The van der Waals surface area contributed by atoms with E-state index in [1.165, 1.54) is 0 Å². The van der Waals surface area contributed by atoms with Crippen molar-refractivity contribution in [2.24, 2.45) is 5.41 Å². The largest absolute Gasteiger partial charge is 0.450 e. The smallest absolute Gasteiger partial charge is 0.407 e. The molecule has 4 nitrogen and oxygen atoms in total. The quantitative estimate of drug-likeness (QED) is 0.731. The molecule has 0 bridgehead atoms. The van der Waals surface area contributed by atoms with E-state index in [-0.39, 0.29) is 11.5 Å². The summed E-state index contributed by atoms with van der Waals surface area (Å²) < 4.78 is 4.78. The monoisotopic (exact) mass is 202 g/mol. The Morgan fingerprint density at radius 3 is 2.43 bits per heavy atom. The second-order valence-electron chi connectivity index (χ2n) is 4.48. The number of carbonyl (C=O) groups is 1. The maximum Gasteiger partial charge on any atom is 0.407 e. The number of alkyl carbamates (subject to hydrolysis) is 1. The average molecular weight is 202 g/mol. The fraction of sp³-hybridized carbons (Fsp3) is 0.900. The summed E-state index contributed by atoms with van der Waals surface area (Å²) in [5, 5.41) is 2.74. The van der Waals surface area contributed by atoms with E-state index >= 15 is 0 Å². The van der Waals surface area contributed by atoms with Gasteiger partial charge in [-0.25, -0.2) is 4.79 Å². The highest BCUT2D eigenvalue weighted by atomic mass is 16.5. The van der Waals surface area contributed by atoms with Gasteiger partial charge < -0.3 is 15.0 Å². The number of hydrogen-bond donors (Lipinski definition) is 1. The Labute approximate surface area is 86.6 Å². The Kier molecular flexibility index (Phi) is 5.53. The number of nitrogens with zero attached hydrogens (tertiary/aromatic N) is 1. The summed E-state index contributed by atoms with van der Waals surface area (Å²) in [6.07, 6.45) is -0.334. The van der Waals surface area contributed by atoms with Gasteiger partial charge in [0.05, 0.1) is 6.61 Å². The van der Waals surface area contributed by atoms with Crippen LogP contribution in [0.4, 0.5) is 4.79 Å². The molecule has 0 radical (unpaired) electrons. The molecule has 0 fully saturated rings. The molecular formula is C10H22N2O2. The van der Waals surface area contributed by atoms with Crippen molar-refractivity contribution in [1.29, 1.82) is 0 Å². The van der Waals surface area contributed by atoms with E-state index in [1.54, 1.807) is 6.92 Å². The van der Waals surface area contributed by atoms with Crippen molar-refractivity contribution in [3.63, 3.8) is 0 Å². The molecule has 1 N–H and O–H groups in total. The first-order valence-electron chi connectivity index (χ1n) is 4.93. The molecule has 0 saturated carbocycles. The summed E-state index contributed by atoms with van der Waals surface area (Å²) in [5.74, 6) is 0. The van der Waals surface area contributed by atoms with Crippen LogP contribution in [0.2, 0.25) is 0 Å². The lowest BCUT2D eigenvalue weighted by molar-refractivity contribution is 0.143. The zero-order chi connectivity index (χ0) is 11.2. The Morgan fingerprint density at radius 2 is 2.00 bits per heavy atom. The van der Waals surface area contributed by atoms with Crippen LogP contribution in [0.3, 0.4) is 0 Å². The molecule has 0 aromatic carbocycles. The molecule has 0 aliphatic rings. The number of ether oxygens (including phenoxy) is 1. The molecular weight excluding hydrogens is 180 g/mol. The number of rotatable bonds is 5. The summed E-state index contributed by atoms with van der Waals surface area (Å²) in [4.78, 5) is 13.1. The minimum atomic E-state index is -0.334. The van der Waals surface area contributed by atoms with Crippen LogP contribution < -0.4 is 5.32 Å². The van der Waals surface area contributed by atoms with Gasteiger partial charge in [-0.3, -0.25) is 0 Å². The first kappa shape index (κ1) is 13.2. The van der Waals surface area contributed by atoms with Crippen LogP contribution >= 0.6 is 0 Å². The van der Waals surface area contributed by atoms with Crippen molar-refractivity contribution in [2.45, 2.75) is 20.8 Å². The number of hydrogen-bond acceptors (Lipinski definition) is 3. The number of carbonyl (C=O) groups excluding carboxylic acids is 1. The average Bonchev–Trinajstić information content (AvgIpc) is 1.99. The third kappa shape index (κ3) is 6.71. The molecule has 0 aromatic heterocycles. The predicted octanol–water partition coefficient (Wildman–Crippen LogP) is 1.32. The standard InChI is InChI=1S/C10H22N2O2/c1-6-14-9(13)11-7-10(2,3)8-12(4)5/h6-8H2,1-5H3,(H,11,13).